The third-order valence-corrected chi connectivity index (χ3v) is 2.62. The standard InChI is InChI=1S/C12H9ClN4/c1-17(12-11(13)7-15-8-16-12)10-4-2-9(6-14)3-5-10/h2-5,7-8H,1H3. The minimum absolute atomic E-state index is 0.486. The van der Waals surface area contributed by atoms with Gasteiger partial charge in [0.15, 0.2) is 5.82 Å². The van der Waals surface area contributed by atoms with Crippen molar-refractivity contribution in [2.75, 3.05) is 11.9 Å². The summed E-state index contributed by atoms with van der Waals surface area (Å²) < 4.78 is 0. The average molecular weight is 245 g/mol. The van der Waals surface area contributed by atoms with Gasteiger partial charge >= 0.3 is 0 Å². The smallest absolute Gasteiger partial charge is 0.154 e. The van der Waals surface area contributed by atoms with Gasteiger partial charge in [-0.3, -0.25) is 0 Å². The second kappa shape index (κ2) is 4.81. The number of benzene rings is 1. The molecule has 0 unspecified atom stereocenters. The Morgan fingerprint density at radius 2 is 2.00 bits per heavy atom. The molecule has 0 amide bonds. The van der Waals surface area contributed by atoms with E-state index in [1.165, 1.54) is 6.33 Å². The highest BCUT2D eigenvalue weighted by atomic mass is 35.5. The lowest BCUT2D eigenvalue weighted by Gasteiger charge is -2.18. The van der Waals surface area contributed by atoms with Crippen LogP contribution in [0, 0.1) is 11.3 Å². The predicted molar refractivity (Wildman–Crippen MR) is 66.3 cm³/mol. The van der Waals surface area contributed by atoms with Crippen molar-refractivity contribution < 1.29 is 0 Å². The van der Waals surface area contributed by atoms with Crippen molar-refractivity contribution in [2.45, 2.75) is 0 Å². The van der Waals surface area contributed by atoms with Crippen molar-refractivity contribution >= 4 is 23.1 Å². The van der Waals surface area contributed by atoms with Crippen LogP contribution < -0.4 is 4.90 Å². The summed E-state index contributed by atoms with van der Waals surface area (Å²) in [6.07, 6.45) is 2.99. The average Bonchev–Trinajstić information content (AvgIpc) is 2.39. The van der Waals surface area contributed by atoms with E-state index >= 15 is 0 Å². The summed E-state index contributed by atoms with van der Waals surface area (Å²) in [5.41, 5.74) is 1.53. The van der Waals surface area contributed by atoms with Gasteiger partial charge < -0.3 is 4.90 Å². The highest BCUT2D eigenvalue weighted by molar-refractivity contribution is 6.32. The van der Waals surface area contributed by atoms with E-state index in [9.17, 15) is 0 Å². The molecular weight excluding hydrogens is 236 g/mol. The Hall–Kier alpha value is -2.12. The molecule has 4 nitrogen and oxygen atoms in total. The fourth-order valence-corrected chi connectivity index (χ4v) is 1.67. The normalized spacial score (nSPS) is 9.71. The first kappa shape index (κ1) is 11.4. The van der Waals surface area contributed by atoms with Crippen molar-refractivity contribution in [3.8, 4) is 6.07 Å². The van der Waals surface area contributed by atoms with Gasteiger partial charge in [-0.15, -0.1) is 0 Å². The van der Waals surface area contributed by atoms with Gasteiger partial charge in [0.1, 0.15) is 11.3 Å². The molecule has 0 N–H and O–H groups in total. The summed E-state index contributed by atoms with van der Waals surface area (Å²) in [6.45, 7) is 0. The third kappa shape index (κ3) is 2.35. The zero-order valence-corrected chi connectivity index (χ0v) is 9.89. The summed E-state index contributed by atoms with van der Waals surface area (Å²) in [5, 5.41) is 9.21. The summed E-state index contributed by atoms with van der Waals surface area (Å²) in [4.78, 5) is 9.79. The number of hydrogen-bond acceptors (Lipinski definition) is 4. The third-order valence-electron chi connectivity index (χ3n) is 2.35. The molecule has 0 aliphatic rings. The monoisotopic (exact) mass is 244 g/mol. The molecule has 0 fully saturated rings. The zero-order chi connectivity index (χ0) is 12.3. The lowest BCUT2D eigenvalue weighted by atomic mass is 10.2. The van der Waals surface area contributed by atoms with Crippen LogP contribution in [0.15, 0.2) is 36.8 Å². The molecule has 0 atom stereocenters. The van der Waals surface area contributed by atoms with Crippen LogP contribution in [0.4, 0.5) is 11.5 Å². The van der Waals surface area contributed by atoms with Gasteiger partial charge in [-0.05, 0) is 24.3 Å². The molecule has 0 aliphatic heterocycles. The summed E-state index contributed by atoms with van der Waals surface area (Å²) >= 11 is 6.01. The number of rotatable bonds is 2. The molecule has 5 heteroatoms. The molecule has 84 valence electrons. The second-order valence-corrected chi connectivity index (χ2v) is 3.82. The molecule has 1 aromatic heterocycles. The van der Waals surface area contributed by atoms with Crippen molar-refractivity contribution in [1.29, 1.82) is 5.26 Å². The highest BCUT2D eigenvalue weighted by Crippen LogP contribution is 2.27. The molecule has 2 rings (SSSR count). The van der Waals surface area contributed by atoms with Gasteiger partial charge in [0.25, 0.3) is 0 Å². The molecule has 0 saturated heterocycles. The fourth-order valence-electron chi connectivity index (χ4n) is 1.43. The number of aromatic nitrogens is 2. The number of nitrogens with zero attached hydrogens (tertiary/aromatic N) is 4. The van der Waals surface area contributed by atoms with Crippen LogP contribution >= 0.6 is 11.6 Å². The number of anilines is 2. The number of nitriles is 1. The zero-order valence-electron chi connectivity index (χ0n) is 9.13. The van der Waals surface area contributed by atoms with Gasteiger partial charge in [-0.2, -0.15) is 5.26 Å². The molecule has 0 saturated carbocycles. The molecule has 0 spiro atoms. The molecule has 0 bridgehead atoms. The van der Waals surface area contributed by atoms with Crippen LogP contribution in [-0.2, 0) is 0 Å². The summed E-state index contributed by atoms with van der Waals surface area (Å²) in [5.74, 6) is 0.631. The maximum atomic E-state index is 8.72. The van der Waals surface area contributed by atoms with E-state index in [1.54, 1.807) is 18.3 Å². The van der Waals surface area contributed by atoms with Gasteiger partial charge in [-0.25, -0.2) is 9.97 Å². The van der Waals surface area contributed by atoms with E-state index in [1.807, 2.05) is 24.1 Å². The SMILES string of the molecule is CN(c1ccc(C#N)cc1)c1ncncc1Cl. The quantitative estimate of drug-likeness (QED) is 0.815. The Morgan fingerprint density at radius 3 is 2.59 bits per heavy atom. The van der Waals surface area contributed by atoms with Gasteiger partial charge in [0.2, 0.25) is 0 Å². The molecule has 17 heavy (non-hydrogen) atoms. The first-order valence-electron chi connectivity index (χ1n) is 4.92. The maximum Gasteiger partial charge on any atom is 0.154 e. The Balaban J connectivity index is 2.34. The van der Waals surface area contributed by atoms with Crippen LogP contribution in [-0.4, -0.2) is 17.0 Å². The van der Waals surface area contributed by atoms with E-state index < -0.39 is 0 Å². The number of hydrogen-bond donors (Lipinski definition) is 0. The highest BCUT2D eigenvalue weighted by Gasteiger charge is 2.09. The van der Waals surface area contributed by atoms with Crippen LogP contribution in [0.1, 0.15) is 5.56 Å². The lowest BCUT2D eigenvalue weighted by Crippen LogP contribution is -2.11. The van der Waals surface area contributed by atoms with Crippen LogP contribution in [0.2, 0.25) is 5.02 Å². The van der Waals surface area contributed by atoms with Crippen molar-refractivity contribution in [3.05, 3.63) is 47.4 Å². The summed E-state index contributed by atoms with van der Waals surface area (Å²) in [6, 6.07) is 9.26. The van der Waals surface area contributed by atoms with Crippen LogP contribution in [0.25, 0.3) is 0 Å². The minimum Gasteiger partial charge on any atom is -0.328 e. The Labute approximate surface area is 104 Å². The topological polar surface area (TPSA) is 52.8 Å². The molecule has 0 aliphatic carbocycles. The van der Waals surface area contributed by atoms with E-state index in [0.717, 1.165) is 5.69 Å². The molecule has 2 aromatic rings. The first-order chi connectivity index (χ1) is 8.22. The minimum atomic E-state index is 0.486. The van der Waals surface area contributed by atoms with Crippen LogP contribution in [0.3, 0.4) is 0 Å². The Bertz CT molecular complexity index is 559. The van der Waals surface area contributed by atoms with E-state index in [-0.39, 0.29) is 0 Å². The Kier molecular flexibility index (Phi) is 3.22. The maximum absolute atomic E-state index is 8.72. The first-order valence-corrected chi connectivity index (χ1v) is 5.29. The van der Waals surface area contributed by atoms with Gasteiger partial charge in [-0.1, -0.05) is 11.6 Å². The Morgan fingerprint density at radius 1 is 1.29 bits per heavy atom. The summed E-state index contributed by atoms with van der Waals surface area (Å²) in [7, 11) is 1.86. The van der Waals surface area contributed by atoms with Gasteiger partial charge in [0, 0.05) is 12.7 Å². The van der Waals surface area contributed by atoms with E-state index in [2.05, 4.69) is 16.0 Å². The van der Waals surface area contributed by atoms with Crippen molar-refractivity contribution in [3.63, 3.8) is 0 Å². The van der Waals surface area contributed by atoms with Crippen molar-refractivity contribution in [1.82, 2.24) is 9.97 Å². The van der Waals surface area contributed by atoms with Gasteiger partial charge in [0.05, 0.1) is 17.8 Å². The van der Waals surface area contributed by atoms with E-state index in [0.29, 0.717) is 16.4 Å². The fraction of sp³-hybridized carbons (Fsp3) is 0.0833. The molecule has 0 radical (unpaired) electrons. The van der Waals surface area contributed by atoms with Crippen LogP contribution in [0.5, 0.6) is 0 Å². The predicted octanol–water partition coefficient (Wildman–Crippen LogP) is 2.77. The largest absolute Gasteiger partial charge is 0.328 e. The second-order valence-electron chi connectivity index (χ2n) is 3.41. The molecule has 1 heterocycles. The van der Waals surface area contributed by atoms with Crippen molar-refractivity contribution in [2.24, 2.45) is 0 Å². The molecular formula is C12H9ClN4. The molecule has 1 aromatic carbocycles. The lowest BCUT2D eigenvalue weighted by molar-refractivity contribution is 1.08. The van der Waals surface area contributed by atoms with E-state index in [4.69, 9.17) is 16.9 Å². The number of halogens is 1.